The number of carbonyl (C=O) groups is 1. The summed E-state index contributed by atoms with van der Waals surface area (Å²) in [7, 11) is -3.76. The predicted molar refractivity (Wildman–Crippen MR) is 105 cm³/mol. The Hall–Kier alpha value is -1.91. The molecule has 0 aliphatic heterocycles. The van der Waals surface area contributed by atoms with Gasteiger partial charge in [-0.2, -0.15) is 9.57 Å². The van der Waals surface area contributed by atoms with Crippen molar-refractivity contribution in [2.75, 3.05) is 6.54 Å². The molecule has 1 N–H and O–H groups in total. The Morgan fingerprint density at radius 2 is 1.93 bits per heavy atom. The zero-order chi connectivity index (χ0) is 19.9. The van der Waals surface area contributed by atoms with E-state index < -0.39 is 10.0 Å². The van der Waals surface area contributed by atoms with Crippen molar-refractivity contribution >= 4 is 15.9 Å². The number of amides is 1. The highest BCUT2D eigenvalue weighted by Gasteiger charge is 2.43. The molecule has 0 unspecified atom stereocenters. The molecule has 0 saturated heterocycles. The number of sulfonamides is 1. The van der Waals surface area contributed by atoms with E-state index >= 15 is 0 Å². The lowest BCUT2D eigenvalue weighted by molar-refractivity contribution is -0.122. The minimum Gasteiger partial charge on any atom is -0.352 e. The smallest absolute Gasteiger partial charge is 0.243 e. The first-order chi connectivity index (χ1) is 13.4. The number of nitrogens with one attached hydrogen (secondary N) is 1. The van der Waals surface area contributed by atoms with Crippen LogP contribution >= 0.6 is 0 Å². The zero-order valence-electron chi connectivity index (χ0n) is 16.2. The Kier molecular flexibility index (Phi) is 5.19. The van der Waals surface area contributed by atoms with Crippen molar-refractivity contribution in [3.63, 3.8) is 0 Å². The molecule has 2 bridgehead atoms. The van der Waals surface area contributed by atoms with E-state index in [4.69, 9.17) is 5.26 Å². The highest BCUT2D eigenvalue weighted by molar-refractivity contribution is 7.89. The molecule has 0 heterocycles. The van der Waals surface area contributed by atoms with Crippen LogP contribution in [0.3, 0.4) is 0 Å². The molecule has 0 aromatic heterocycles. The summed E-state index contributed by atoms with van der Waals surface area (Å²) in [5.41, 5.74) is 0.411. The molecule has 4 rings (SSSR count). The molecular weight excluding hydrogens is 374 g/mol. The van der Waals surface area contributed by atoms with Gasteiger partial charge in [-0.25, -0.2) is 8.42 Å². The molecule has 0 radical (unpaired) electrons. The average molecular weight is 402 g/mol. The highest BCUT2D eigenvalue weighted by atomic mass is 32.2. The maximum absolute atomic E-state index is 13.1. The first-order valence-electron chi connectivity index (χ1n) is 10.2. The number of nitrogens with zero attached hydrogens (tertiary/aromatic N) is 2. The third kappa shape index (κ3) is 3.81. The summed E-state index contributed by atoms with van der Waals surface area (Å²) in [6.07, 6.45) is 6.61. The Bertz CT molecular complexity index is 886. The van der Waals surface area contributed by atoms with E-state index in [1.165, 1.54) is 54.3 Å². The lowest BCUT2D eigenvalue weighted by Gasteiger charge is -2.29. The minimum absolute atomic E-state index is 0.0847. The van der Waals surface area contributed by atoms with Crippen molar-refractivity contribution in [3.8, 4) is 6.07 Å². The Balaban J connectivity index is 1.43. The van der Waals surface area contributed by atoms with Gasteiger partial charge in [0, 0.05) is 12.1 Å². The number of carbonyl (C=O) groups excluding carboxylic acids is 1. The van der Waals surface area contributed by atoms with Crippen LogP contribution in [0, 0.1) is 29.1 Å². The van der Waals surface area contributed by atoms with Crippen LogP contribution in [-0.2, 0) is 14.8 Å². The topological polar surface area (TPSA) is 90.3 Å². The number of hydrogen-bond donors (Lipinski definition) is 1. The first kappa shape index (κ1) is 19.4. The fourth-order valence-electron chi connectivity index (χ4n) is 5.06. The van der Waals surface area contributed by atoms with Crippen LogP contribution in [0.2, 0.25) is 0 Å². The van der Waals surface area contributed by atoms with Gasteiger partial charge in [0.1, 0.15) is 0 Å². The van der Waals surface area contributed by atoms with Crippen molar-refractivity contribution in [1.29, 1.82) is 5.26 Å². The van der Waals surface area contributed by atoms with Crippen molar-refractivity contribution in [2.24, 2.45) is 17.8 Å². The van der Waals surface area contributed by atoms with Gasteiger partial charge in [-0.05, 0) is 81.0 Å². The summed E-state index contributed by atoms with van der Waals surface area (Å²) < 4.78 is 27.4. The second-order valence-electron chi connectivity index (χ2n) is 8.61. The zero-order valence-corrected chi connectivity index (χ0v) is 17.0. The van der Waals surface area contributed by atoms with Gasteiger partial charge in [0.25, 0.3) is 0 Å². The fraction of sp³-hybridized carbons (Fsp3) is 0.619. The largest absolute Gasteiger partial charge is 0.352 e. The highest BCUT2D eigenvalue weighted by Crippen LogP contribution is 2.49. The molecule has 4 atom stereocenters. The third-order valence-electron chi connectivity index (χ3n) is 6.67. The molecule has 150 valence electrons. The molecule has 3 aliphatic carbocycles. The van der Waals surface area contributed by atoms with Gasteiger partial charge >= 0.3 is 0 Å². The average Bonchev–Trinajstić information content (AvgIpc) is 3.29. The minimum atomic E-state index is -3.76. The maximum Gasteiger partial charge on any atom is 0.243 e. The predicted octanol–water partition coefficient (Wildman–Crippen LogP) is 2.65. The number of nitriles is 1. The second-order valence-corrected chi connectivity index (χ2v) is 10.5. The van der Waals surface area contributed by atoms with Crippen LogP contribution in [0.25, 0.3) is 0 Å². The van der Waals surface area contributed by atoms with Gasteiger partial charge in [-0.1, -0.05) is 6.42 Å². The summed E-state index contributed by atoms with van der Waals surface area (Å²) in [4.78, 5) is 12.8. The van der Waals surface area contributed by atoms with Crippen LogP contribution in [0.15, 0.2) is 29.2 Å². The quantitative estimate of drug-likeness (QED) is 0.760. The van der Waals surface area contributed by atoms with E-state index in [0.717, 1.165) is 18.8 Å². The SMILES string of the molecule is C[C@H](NC(=O)CN(C1CC1)S(=O)(=O)c1ccc(C#N)cc1)[C@H]1C[C@@H]2CC[C@@H]1C2. The van der Waals surface area contributed by atoms with Gasteiger partial charge in [0.15, 0.2) is 0 Å². The molecule has 7 heteroatoms. The Morgan fingerprint density at radius 3 is 2.46 bits per heavy atom. The van der Waals surface area contributed by atoms with E-state index in [1.807, 2.05) is 6.07 Å². The van der Waals surface area contributed by atoms with Crippen LogP contribution in [0.1, 0.15) is 51.0 Å². The summed E-state index contributed by atoms with van der Waals surface area (Å²) in [5, 5.41) is 12.0. The number of benzene rings is 1. The van der Waals surface area contributed by atoms with Crippen molar-refractivity contribution in [1.82, 2.24) is 9.62 Å². The molecule has 6 nitrogen and oxygen atoms in total. The first-order valence-corrected chi connectivity index (χ1v) is 11.6. The molecule has 1 aromatic carbocycles. The van der Waals surface area contributed by atoms with Gasteiger partial charge in [-0.3, -0.25) is 4.79 Å². The standard InChI is InChI=1S/C21H27N3O3S/c1-14(20-11-16-2-5-17(20)10-16)23-21(25)13-24(18-6-7-18)28(26,27)19-8-3-15(12-22)4-9-19/h3-4,8-9,14,16-18,20H,2,5-7,10-11,13H2,1H3,(H,23,25)/t14-,16+,17+,20+/m0/s1. The summed E-state index contributed by atoms with van der Waals surface area (Å²) in [6, 6.07) is 7.84. The van der Waals surface area contributed by atoms with Crippen molar-refractivity contribution in [3.05, 3.63) is 29.8 Å². The van der Waals surface area contributed by atoms with Crippen molar-refractivity contribution in [2.45, 2.75) is 62.4 Å². The van der Waals surface area contributed by atoms with Gasteiger partial charge in [0.05, 0.1) is 23.1 Å². The van der Waals surface area contributed by atoms with Crippen molar-refractivity contribution < 1.29 is 13.2 Å². The normalized spacial score (nSPS) is 27.5. The monoisotopic (exact) mass is 401 g/mol. The summed E-state index contributed by atoms with van der Waals surface area (Å²) >= 11 is 0. The van der Waals surface area contributed by atoms with Gasteiger partial charge in [-0.15, -0.1) is 0 Å². The number of hydrogen-bond acceptors (Lipinski definition) is 4. The molecule has 0 spiro atoms. The van der Waals surface area contributed by atoms with E-state index in [2.05, 4.69) is 12.2 Å². The molecular formula is C21H27N3O3S. The van der Waals surface area contributed by atoms with E-state index in [1.54, 1.807) is 0 Å². The Morgan fingerprint density at radius 1 is 1.21 bits per heavy atom. The van der Waals surface area contributed by atoms with Crippen LogP contribution in [0.4, 0.5) is 0 Å². The fourth-order valence-corrected chi connectivity index (χ4v) is 6.71. The van der Waals surface area contributed by atoms with Crippen LogP contribution in [-0.4, -0.2) is 37.3 Å². The van der Waals surface area contributed by atoms with E-state index in [9.17, 15) is 13.2 Å². The second kappa shape index (κ2) is 7.49. The van der Waals surface area contributed by atoms with E-state index in [0.29, 0.717) is 17.4 Å². The lowest BCUT2D eigenvalue weighted by atomic mass is 9.84. The number of rotatable bonds is 7. The molecule has 1 amide bonds. The van der Waals surface area contributed by atoms with E-state index in [-0.39, 0.29) is 29.4 Å². The molecule has 28 heavy (non-hydrogen) atoms. The summed E-state index contributed by atoms with van der Waals surface area (Å²) in [5.74, 6) is 1.82. The third-order valence-corrected chi connectivity index (χ3v) is 8.58. The molecule has 1 aromatic rings. The van der Waals surface area contributed by atoms with Gasteiger partial charge in [0.2, 0.25) is 15.9 Å². The van der Waals surface area contributed by atoms with Crippen LogP contribution < -0.4 is 5.32 Å². The Labute approximate surface area is 167 Å². The summed E-state index contributed by atoms with van der Waals surface area (Å²) in [6.45, 7) is 1.91. The molecule has 3 aliphatic rings. The maximum atomic E-state index is 13.1. The lowest BCUT2D eigenvalue weighted by Crippen LogP contribution is -2.47. The molecule has 3 fully saturated rings. The number of fused-ring (bicyclic) bond motifs is 2. The molecule has 3 saturated carbocycles. The van der Waals surface area contributed by atoms with Crippen LogP contribution in [0.5, 0.6) is 0 Å². The van der Waals surface area contributed by atoms with Gasteiger partial charge < -0.3 is 5.32 Å².